The molecule has 1 unspecified atom stereocenters. The highest BCUT2D eigenvalue weighted by molar-refractivity contribution is 5.85. The second-order valence-electron chi connectivity index (χ2n) is 5.14. The highest BCUT2D eigenvalue weighted by atomic mass is 16.6. The Balaban J connectivity index is 1.49. The average molecular weight is 252 g/mol. The molecule has 98 valence electrons. The Bertz CT molecular complexity index is 388. The number of cyclic esters (lactones) is 1. The molecule has 18 heavy (non-hydrogen) atoms. The monoisotopic (exact) mass is 252 g/mol. The molecule has 5 heteroatoms. The fourth-order valence-corrected chi connectivity index (χ4v) is 2.83. The summed E-state index contributed by atoms with van der Waals surface area (Å²) in [6.45, 7) is 0.405. The quantitative estimate of drug-likeness (QED) is 0.700. The average Bonchev–Trinajstić information content (AvgIpc) is 2.92. The Morgan fingerprint density at radius 3 is 2.67 bits per heavy atom. The van der Waals surface area contributed by atoms with Gasteiger partial charge in [-0.25, -0.2) is 4.79 Å². The minimum Gasteiger partial charge on any atom is -0.461 e. The summed E-state index contributed by atoms with van der Waals surface area (Å²) in [5.74, 6) is -0.574. The lowest BCUT2D eigenvalue weighted by molar-refractivity contribution is -0.153. The molecule has 0 aliphatic carbocycles. The summed E-state index contributed by atoms with van der Waals surface area (Å²) in [6, 6.07) is 0. The molecule has 0 N–H and O–H groups in total. The van der Waals surface area contributed by atoms with Crippen LogP contribution in [0.25, 0.3) is 0 Å². The molecule has 0 aromatic heterocycles. The van der Waals surface area contributed by atoms with Crippen LogP contribution in [0.15, 0.2) is 11.6 Å². The number of carbonyl (C=O) groups excluding carboxylic acids is 2. The summed E-state index contributed by atoms with van der Waals surface area (Å²) in [6.07, 6.45) is 5.51. The maximum absolute atomic E-state index is 11.9. The van der Waals surface area contributed by atoms with Crippen LogP contribution in [0.4, 0.5) is 0 Å². The van der Waals surface area contributed by atoms with Gasteiger partial charge in [-0.05, 0) is 25.7 Å². The molecule has 0 amide bonds. The summed E-state index contributed by atoms with van der Waals surface area (Å²) < 4.78 is 15.7. The van der Waals surface area contributed by atoms with E-state index in [0.717, 1.165) is 31.3 Å². The molecule has 3 rings (SSSR count). The lowest BCUT2D eigenvalue weighted by Crippen LogP contribution is -2.31. The first-order valence-electron chi connectivity index (χ1n) is 6.39. The summed E-state index contributed by atoms with van der Waals surface area (Å²) >= 11 is 0. The molecule has 0 spiro atoms. The van der Waals surface area contributed by atoms with Crippen molar-refractivity contribution < 1.29 is 23.8 Å². The van der Waals surface area contributed by atoms with Crippen molar-refractivity contribution >= 4 is 11.9 Å². The van der Waals surface area contributed by atoms with Crippen molar-refractivity contribution in [3.8, 4) is 0 Å². The Labute approximate surface area is 105 Å². The van der Waals surface area contributed by atoms with Crippen molar-refractivity contribution in [3.63, 3.8) is 0 Å². The maximum Gasteiger partial charge on any atom is 0.331 e. The molecule has 3 heterocycles. The zero-order valence-corrected chi connectivity index (χ0v) is 10.1. The molecule has 5 nitrogen and oxygen atoms in total. The van der Waals surface area contributed by atoms with E-state index >= 15 is 0 Å². The summed E-state index contributed by atoms with van der Waals surface area (Å²) in [5.41, 5.74) is 0.725. The molecule has 0 aromatic carbocycles. The summed E-state index contributed by atoms with van der Waals surface area (Å²) in [5, 5.41) is 0. The summed E-state index contributed by atoms with van der Waals surface area (Å²) in [4.78, 5) is 22.8. The molecule has 3 aliphatic rings. The molecule has 0 saturated carbocycles. The maximum atomic E-state index is 11.9. The van der Waals surface area contributed by atoms with Crippen LogP contribution in [0.1, 0.15) is 25.7 Å². The highest BCUT2D eigenvalue weighted by Gasteiger charge is 2.38. The van der Waals surface area contributed by atoms with Gasteiger partial charge in [0.2, 0.25) is 0 Å². The molecule has 3 atom stereocenters. The van der Waals surface area contributed by atoms with Gasteiger partial charge in [0.25, 0.3) is 0 Å². The lowest BCUT2D eigenvalue weighted by atomic mass is 9.96. The van der Waals surface area contributed by atoms with Crippen molar-refractivity contribution in [1.82, 2.24) is 0 Å². The largest absolute Gasteiger partial charge is 0.461 e. The van der Waals surface area contributed by atoms with Crippen LogP contribution in [-0.2, 0) is 23.8 Å². The van der Waals surface area contributed by atoms with Crippen LogP contribution in [0, 0.1) is 5.92 Å². The van der Waals surface area contributed by atoms with E-state index in [1.807, 2.05) is 0 Å². The van der Waals surface area contributed by atoms with Gasteiger partial charge >= 0.3 is 11.9 Å². The van der Waals surface area contributed by atoms with E-state index in [9.17, 15) is 9.59 Å². The molecular weight excluding hydrogens is 236 g/mol. The first-order valence-corrected chi connectivity index (χ1v) is 6.39. The van der Waals surface area contributed by atoms with E-state index in [-0.39, 0.29) is 43.3 Å². The minimum atomic E-state index is -0.356. The number of carbonyl (C=O) groups is 2. The standard InChI is InChI=1S/C13H16O5/c14-12-3-8(6-16-12)7-17-13(15)9-4-10-1-2-11(5-9)18-10/h3,9-11H,1-2,4-7H2/t9?,10-,11+. The first kappa shape index (κ1) is 11.7. The normalized spacial score (nSPS) is 34.1. The first-order chi connectivity index (χ1) is 8.70. The fraction of sp³-hybridized carbons (Fsp3) is 0.692. The second-order valence-corrected chi connectivity index (χ2v) is 5.14. The minimum absolute atomic E-state index is 0.0464. The van der Waals surface area contributed by atoms with Gasteiger partial charge in [0.05, 0.1) is 18.1 Å². The third-order valence-corrected chi connectivity index (χ3v) is 3.75. The third kappa shape index (κ3) is 2.41. The molecule has 2 bridgehead atoms. The summed E-state index contributed by atoms with van der Waals surface area (Å²) in [7, 11) is 0. The molecule has 2 fully saturated rings. The smallest absolute Gasteiger partial charge is 0.331 e. The highest BCUT2D eigenvalue weighted by Crippen LogP contribution is 2.36. The Morgan fingerprint density at radius 2 is 2.06 bits per heavy atom. The molecule has 2 saturated heterocycles. The van der Waals surface area contributed by atoms with E-state index < -0.39 is 0 Å². The van der Waals surface area contributed by atoms with Crippen molar-refractivity contribution in [2.75, 3.05) is 13.2 Å². The molecular formula is C13H16O5. The number of hydrogen-bond donors (Lipinski definition) is 0. The van der Waals surface area contributed by atoms with Gasteiger partial charge < -0.3 is 14.2 Å². The van der Waals surface area contributed by atoms with Gasteiger partial charge in [0, 0.05) is 11.6 Å². The van der Waals surface area contributed by atoms with E-state index in [1.54, 1.807) is 0 Å². The van der Waals surface area contributed by atoms with E-state index in [2.05, 4.69) is 0 Å². The van der Waals surface area contributed by atoms with Crippen molar-refractivity contribution in [2.24, 2.45) is 5.92 Å². The van der Waals surface area contributed by atoms with Crippen LogP contribution >= 0.6 is 0 Å². The zero-order valence-electron chi connectivity index (χ0n) is 10.1. The van der Waals surface area contributed by atoms with E-state index in [0.29, 0.717) is 0 Å². The number of rotatable bonds is 3. The van der Waals surface area contributed by atoms with Gasteiger partial charge in [0.1, 0.15) is 13.2 Å². The van der Waals surface area contributed by atoms with Crippen molar-refractivity contribution in [3.05, 3.63) is 11.6 Å². The predicted molar refractivity (Wildman–Crippen MR) is 60.6 cm³/mol. The SMILES string of the molecule is O=C1C=C(COC(=O)C2C[C@H]3CC[C@@H](C2)O3)CO1. The van der Waals surface area contributed by atoms with Crippen LogP contribution in [0.2, 0.25) is 0 Å². The zero-order chi connectivity index (χ0) is 12.5. The fourth-order valence-electron chi connectivity index (χ4n) is 2.83. The van der Waals surface area contributed by atoms with Gasteiger partial charge in [0.15, 0.2) is 0 Å². The molecule has 0 radical (unpaired) electrons. The van der Waals surface area contributed by atoms with Crippen molar-refractivity contribution in [2.45, 2.75) is 37.9 Å². The number of ether oxygens (including phenoxy) is 3. The third-order valence-electron chi connectivity index (χ3n) is 3.75. The predicted octanol–water partition coefficient (Wildman–Crippen LogP) is 0.970. The molecule has 0 aromatic rings. The Morgan fingerprint density at radius 1 is 1.33 bits per heavy atom. The molecule has 3 aliphatic heterocycles. The van der Waals surface area contributed by atoms with E-state index in [1.165, 1.54) is 6.08 Å². The van der Waals surface area contributed by atoms with Crippen LogP contribution in [0.3, 0.4) is 0 Å². The number of fused-ring (bicyclic) bond motifs is 2. The number of esters is 2. The van der Waals surface area contributed by atoms with Crippen LogP contribution < -0.4 is 0 Å². The second kappa shape index (κ2) is 4.72. The van der Waals surface area contributed by atoms with Gasteiger partial charge in [-0.1, -0.05) is 0 Å². The number of hydrogen-bond acceptors (Lipinski definition) is 5. The van der Waals surface area contributed by atoms with Crippen LogP contribution in [-0.4, -0.2) is 37.4 Å². The Kier molecular flexibility index (Phi) is 3.07. The van der Waals surface area contributed by atoms with Crippen LogP contribution in [0.5, 0.6) is 0 Å². The van der Waals surface area contributed by atoms with E-state index in [4.69, 9.17) is 14.2 Å². The van der Waals surface area contributed by atoms with Gasteiger partial charge in [-0.15, -0.1) is 0 Å². The topological polar surface area (TPSA) is 61.8 Å². The van der Waals surface area contributed by atoms with Gasteiger partial charge in [-0.2, -0.15) is 0 Å². The lowest BCUT2D eigenvalue weighted by Gasteiger charge is -2.26. The van der Waals surface area contributed by atoms with Crippen molar-refractivity contribution in [1.29, 1.82) is 0 Å². The Hall–Kier alpha value is -1.36. The van der Waals surface area contributed by atoms with Gasteiger partial charge in [-0.3, -0.25) is 4.79 Å².